The first-order valence-electron chi connectivity index (χ1n) is 9.55. The molecule has 0 aliphatic carbocycles. The van der Waals surface area contributed by atoms with Crippen molar-refractivity contribution in [2.24, 2.45) is 5.16 Å². The number of nitrogens with zero attached hydrogens (tertiary/aromatic N) is 3. The van der Waals surface area contributed by atoms with Gasteiger partial charge in [0, 0.05) is 16.9 Å². The number of nitrogens with two attached hydrogens (primary N) is 1. The number of hydrogen-bond donors (Lipinski definition) is 3. The number of carboxylic acids is 1. The summed E-state index contributed by atoms with van der Waals surface area (Å²) < 4.78 is 5.05. The quantitative estimate of drug-likeness (QED) is 0.146. The van der Waals surface area contributed by atoms with Gasteiger partial charge in [-0.15, -0.1) is 23.1 Å². The van der Waals surface area contributed by atoms with Gasteiger partial charge in [-0.2, -0.15) is 0 Å². The average Bonchev–Trinajstić information content (AvgIpc) is 3.50. The summed E-state index contributed by atoms with van der Waals surface area (Å²) >= 11 is 3.29. The van der Waals surface area contributed by atoms with Gasteiger partial charge in [0.15, 0.2) is 16.6 Å². The van der Waals surface area contributed by atoms with Crippen LogP contribution in [0.25, 0.3) is 0 Å². The van der Waals surface area contributed by atoms with Crippen LogP contribution in [0, 0.1) is 0 Å². The van der Waals surface area contributed by atoms with Crippen LogP contribution < -0.4 is 40.6 Å². The van der Waals surface area contributed by atoms with E-state index in [0.29, 0.717) is 5.57 Å². The Balaban J connectivity index is 0.00000228. The number of fused-ring (bicyclic) bond motifs is 1. The van der Waals surface area contributed by atoms with Crippen LogP contribution in [-0.2, 0) is 19.2 Å². The van der Waals surface area contributed by atoms with Crippen molar-refractivity contribution >= 4 is 68.6 Å². The van der Waals surface area contributed by atoms with Gasteiger partial charge in [-0.1, -0.05) is 16.9 Å². The average molecular weight is 548 g/mol. The molecule has 0 aromatic carbocycles. The van der Waals surface area contributed by atoms with Crippen molar-refractivity contribution in [1.82, 2.24) is 15.2 Å². The van der Waals surface area contributed by atoms with E-state index in [1.54, 1.807) is 6.07 Å². The third kappa shape index (κ3) is 5.59. The van der Waals surface area contributed by atoms with Crippen molar-refractivity contribution < 1.29 is 64.5 Å². The SMILES string of the molecule is CO/N=C(\C(=O)N[C@@H]1C(=O)N2C(C(=O)O)=C(CSC(=O)c3ccco3)CS[C@H]12)c1csc(N)n1.[H-].[Na+]. The van der Waals surface area contributed by atoms with E-state index in [1.807, 2.05) is 0 Å². The van der Waals surface area contributed by atoms with E-state index >= 15 is 0 Å². The van der Waals surface area contributed by atoms with Crippen LogP contribution in [0.15, 0.2) is 44.6 Å². The summed E-state index contributed by atoms with van der Waals surface area (Å²) in [6.45, 7) is 0. The summed E-state index contributed by atoms with van der Waals surface area (Å²) in [6.07, 6.45) is 1.37. The minimum Gasteiger partial charge on any atom is -1.00 e. The van der Waals surface area contributed by atoms with Gasteiger partial charge >= 0.3 is 35.5 Å². The molecule has 2 aromatic heterocycles. The minimum atomic E-state index is -1.29. The second-order valence-corrected chi connectivity index (χ2v) is 9.81. The summed E-state index contributed by atoms with van der Waals surface area (Å²) in [7, 11) is 1.26. The van der Waals surface area contributed by atoms with E-state index in [9.17, 15) is 24.3 Å². The number of thioether (sulfide) groups is 2. The maximum Gasteiger partial charge on any atom is 1.00 e. The fraction of sp³-hybridized carbons (Fsp3) is 0.263. The molecule has 1 saturated heterocycles. The molecule has 0 spiro atoms. The fourth-order valence-electron chi connectivity index (χ4n) is 3.31. The molecule has 2 amide bonds. The monoisotopic (exact) mass is 547 g/mol. The van der Waals surface area contributed by atoms with E-state index in [-0.39, 0.29) is 75.6 Å². The Hall–Kier alpha value is -2.30. The summed E-state index contributed by atoms with van der Waals surface area (Å²) in [4.78, 5) is 59.6. The fourth-order valence-corrected chi connectivity index (χ4v) is 6.14. The maximum atomic E-state index is 12.8. The number of carboxylic acid groups (broad SMARTS) is 1. The zero-order chi connectivity index (χ0) is 24.4. The second kappa shape index (κ2) is 11.6. The zero-order valence-electron chi connectivity index (χ0n) is 19.4. The molecule has 4 N–H and O–H groups in total. The molecule has 0 bridgehead atoms. The Morgan fingerprint density at radius 1 is 1.49 bits per heavy atom. The number of furan rings is 1. The van der Waals surface area contributed by atoms with Crippen LogP contribution in [-0.4, -0.2) is 73.6 Å². The molecule has 12 nitrogen and oxygen atoms in total. The molecule has 0 radical (unpaired) electrons. The van der Waals surface area contributed by atoms with Crippen molar-refractivity contribution in [3.8, 4) is 0 Å². The normalized spacial score (nSPS) is 19.4. The molecule has 0 saturated carbocycles. The summed E-state index contributed by atoms with van der Waals surface area (Å²) in [5, 5.41) is 16.8. The number of β-lactam (4-membered cyclic amide) rings is 1. The van der Waals surface area contributed by atoms with Crippen molar-refractivity contribution in [3.05, 3.63) is 46.5 Å². The number of aliphatic carboxylic acids is 1. The molecule has 180 valence electrons. The number of nitrogen functional groups attached to an aromatic ring is 1. The number of carbonyl (C=O) groups is 4. The number of hydrogen-bond acceptors (Lipinski definition) is 12. The smallest absolute Gasteiger partial charge is 1.00 e. The summed E-state index contributed by atoms with van der Waals surface area (Å²) in [5.74, 6) is -2.08. The van der Waals surface area contributed by atoms with Gasteiger partial charge in [0.25, 0.3) is 16.9 Å². The standard InChI is InChI=1S/C19H17N5O7S3.Na.H/c1-30-23-11(9-7-34-19(20)21-9)14(25)22-12-15(26)24-13(17(27)28)8(5-32-16(12)24)6-33-18(29)10-3-2-4-31-10;;/h2-4,7,12,16H,5-6H2,1H3,(H2,20,21)(H,22,25)(H,27,28);;/q;+1;-1/b23-11-;;/t12-,16-;;/m1../s1. The van der Waals surface area contributed by atoms with Gasteiger partial charge in [0.05, 0.1) is 6.26 Å². The first-order valence-corrected chi connectivity index (χ1v) is 12.5. The van der Waals surface area contributed by atoms with Crippen molar-refractivity contribution in [2.75, 3.05) is 24.3 Å². The molecule has 35 heavy (non-hydrogen) atoms. The Kier molecular flexibility index (Phi) is 9.06. The van der Waals surface area contributed by atoms with E-state index in [1.165, 1.54) is 36.6 Å². The number of aromatic nitrogens is 1. The van der Waals surface area contributed by atoms with Crippen LogP contribution in [0.4, 0.5) is 5.13 Å². The predicted octanol–water partition coefficient (Wildman–Crippen LogP) is -1.90. The molecule has 16 heteroatoms. The number of amides is 2. The van der Waals surface area contributed by atoms with Gasteiger partial charge in [-0.3, -0.25) is 19.3 Å². The summed E-state index contributed by atoms with van der Waals surface area (Å²) in [6, 6.07) is 2.13. The summed E-state index contributed by atoms with van der Waals surface area (Å²) in [5.41, 5.74) is 5.89. The van der Waals surface area contributed by atoms with Crippen molar-refractivity contribution in [1.29, 1.82) is 0 Å². The molecule has 2 aliphatic heterocycles. The third-order valence-electron chi connectivity index (χ3n) is 4.80. The Labute approximate surface area is 234 Å². The molecule has 4 heterocycles. The van der Waals surface area contributed by atoms with E-state index in [0.717, 1.165) is 28.0 Å². The molecule has 1 fully saturated rings. The van der Waals surface area contributed by atoms with Crippen LogP contribution in [0.3, 0.4) is 0 Å². The molecule has 2 aromatic rings. The first-order chi connectivity index (χ1) is 16.3. The molecule has 2 aliphatic rings. The largest absolute Gasteiger partial charge is 1.00 e. The number of rotatable bonds is 8. The van der Waals surface area contributed by atoms with Crippen LogP contribution >= 0.6 is 34.9 Å². The van der Waals surface area contributed by atoms with E-state index in [2.05, 4.69) is 15.5 Å². The maximum absolute atomic E-state index is 12.8. The van der Waals surface area contributed by atoms with E-state index < -0.39 is 29.2 Å². The topological polar surface area (TPSA) is 177 Å². The number of thiazole rings is 1. The molecular formula is C19H18N5NaO7S3. The predicted molar refractivity (Wildman–Crippen MR) is 126 cm³/mol. The molecule has 4 rings (SSSR count). The third-order valence-corrected chi connectivity index (χ3v) is 7.77. The van der Waals surface area contributed by atoms with Crippen LogP contribution in [0.2, 0.25) is 0 Å². The molecule has 2 atom stereocenters. The molecular weight excluding hydrogens is 529 g/mol. The number of nitrogens with one attached hydrogen (secondary N) is 1. The minimum absolute atomic E-state index is 0. The van der Waals surface area contributed by atoms with Gasteiger partial charge < -0.3 is 26.8 Å². The number of anilines is 1. The number of carbonyl (C=O) groups excluding carboxylic acids is 3. The van der Waals surface area contributed by atoms with Crippen molar-refractivity contribution in [2.45, 2.75) is 11.4 Å². The zero-order valence-corrected chi connectivity index (χ0v) is 22.9. The van der Waals surface area contributed by atoms with Crippen LogP contribution in [0.1, 0.15) is 17.7 Å². The first kappa shape index (κ1) is 27.3. The molecule has 0 unspecified atom stereocenters. The Morgan fingerprint density at radius 3 is 2.86 bits per heavy atom. The Bertz CT molecular complexity index is 1220. The van der Waals surface area contributed by atoms with Crippen molar-refractivity contribution in [3.63, 3.8) is 0 Å². The Morgan fingerprint density at radius 2 is 2.26 bits per heavy atom. The number of oxime groups is 1. The van der Waals surface area contributed by atoms with Gasteiger partial charge in [0.1, 0.15) is 29.9 Å². The van der Waals surface area contributed by atoms with Crippen LogP contribution in [0.5, 0.6) is 0 Å². The second-order valence-electron chi connectivity index (χ2n) is 6.87. The van der Waals surface area contributed by atoms with Gasteiger partial charge in [-0.05, 0) is 17.7 Å². The van der Waals surface area contributed by atoms with Gasteiger partial charge in [-0.25, -0.2) is 9.78 Å². The van der Waals surface area contributed by atoms with Gasteiger partial charge in [0.2, 0.25) is 0 Å². The van der Waals surface area contributed by atoms with E-state index in [4.69, 9.17) is 15.0 Å².